The zero-order valence-corrected chi connectivity index (χ0v) is 15.0. The first kappa shape index (κ1) is 18.1. The van der Waals surface area contributed by atoms with E-state index in [1.165, 1.54) is 6.07 Å². The molecule has 4 nitrogen and oxygen atoms in total. The summed E-state index contributed by atoms with van der Waals surface area (Å²) >= 11 is 5.79. The van der Waals surface area contributed by atoms with Gasteiger partial charge in [0.2, 0.25) is 0 Å². The highest BCUT2D eigenvalue weighted by Crippen LogP contribution is 2.35. The molecular weight excluding hydrogens is 379 g/mol. The summed E-state index contributed by atoms with van der Waals surface area (Å²) in [6, 6.07) is 7.55. The number of nitrogens with zero attached hydrogens (tertiary/aromatic N) is 2. The Labute approximate surface area is 158 Å². The van der Waals surface area contributed by atoms with Crippen molar-refractivity contribution in [3.8, 4) is 5.75 Å². The van der Waals surface area contributed by atoms with Crippen molar-refractivity contribution >= 4 is 17.2 Å². The number of ether oxygens (including phenoxy) is 1. The molecule has 1 N–H and O–H groups in total. The SMILES string of the molecule is FC(F)(F)c1cc(Cl)cc(OC2CC(NCc3cccn4ccnc34)C2)c1. The summed E-state index contributed by atoms with van der Waals surface area (Å²) in [7, 11) is 0. The van der Waals surface area contributed by atoms with E-state index in [4.69, 9.17) is 16.3 Å². The van der Waals surface area contributed by atoms with Gasteiger partial charge in [-0.3, -0.25) is 0 Å². The summed E-state index contributed by atoms with van der Waals surface area (Å²) in [6.45, 7) is 0.675. The lowest BCUT2D eigenvalue weighted by molar-refractivity contribution is -0.137. The molecule has 0 saturated heterocycles. The molecule has 0 aliphatic heterocycles. The zero-order valence-electron chi connectivity index (χ0n) is 14.2. The standard InChI is InChI=1S/C19H17ClF3N3O/c20-14-6-13(19(21,22)23)7-16(8-14)27-17-9-15(10-17)25-11-12-2-1-4-26-5-3-24-18(12)26/h1-8,15,17,25H,9-11H2. The third kappa shape index (κ3) is 4.04. The highest BCUT2D eigenvalue weighted by Gasteiger charge is 2.33. The third-order valence-corrected chi connectivity index (χ3v) is 4.90. The van der Waals surface area contributed by atoms with Crippen LogP contribution in [0.3, 0.4) is 0 Å². The molecule has 0 unspecified atom stereocenters. The van der Waals surface area contributed by atoms with Crippen molar-refractivity contribution in [3.63, 3.8) is 0 Å². The number of halogens is 4. The maximum Gasteiger partial charge on any atom is 0.416 e. The van der Waals surface area contributed by atoms with Crippen LogP contribution in [0.4, 0.5) is 13.2 Å². The first-order chi connectivity index (χ1) is 12.9. The van der Waals surface area contributed by atoms with E-state index in [2.05, 4.69) is 10.3 Å². The number of benzene rings is 1. The molecule has 142 valence electrons. The van der Waals surface area contributed by atoms with Crippen molar-refractivity contribution in [3.05, 3.63) is 65.1 Å². The minimum Gasteiger partial charge on any atom is -0.490 e. The van der Waals surface area contributed by atoms with Crippen molar-refractivity contribution < 1.29 is 17.9 Å². The second-order valence-electron chi connectivity index (χ2n) is 6.65. The topological polar surface area (TPSA) is 38.6 Å². The van der Waals surface area contributed by atoms with Crippen molar-refractivity contribution in [2.45, 2.75) is 37.7 Å². The van der Waals surface area contributed by atoms with Gasteiger partial charge >= 0.3 is 6.18 Å². The van der Waals surface area contributed by atoms with E-state index in [0.29, 0.717) is 6.54 Å². The molecule has 0 amide bonds. The third-order valence-electron chi connectivity index (χ3n) is 4.68. The Morgan fingerprint density at radius 2 is 2.04 bits per heavy atom. The first-order valence-corrected chi connectivity index (χ1v) is 8.95. The highest BCUT2D eigenvalue weighted by atomic mass is 35.5. The molecule has 0 atom stereocenters. The van der Waals surface area contributed by atoms with E-state index < -0.39 is 11.7 Å². The fourth-order valence-electron chi connectivity index (χ4n) is 3.22. The molecular formula is C19H17ClF3N3O. The second kappa shape index (κ2) is 7.05. The van der Waals surface area contributed by atoms with Crippen LogP contribution in [0.1, 0.15) is 24.0 Å². The Hall–Kier alpha value is -2.25. The van der Waals surface area contributed by atoms with Crippen molar-refractivity contribution in [1.82, 2.24) is 14.7 Å². The number of pyridine rings is 1. The number of alkyl halides is 3. The average Bonchev–Trinajstić information content (AvgIpc) is 3.04. The van der Waals surface area contributed by atoms with Crippen molar-refractivity contribution in [1.29, 1.82) is 0 Å². The van der Waals surface area contributed by atoms with Gasteiger partial charge in [0.25, 0.3) is 0 Å². The Kier molecular flexibility index (Phi) is 4.74. The summed E-state index contributed by atoms with van der Waals surface area (Å²) in [5.74, 6) is 0.153. The number of aromatic nitrogens is 2. The summed E-state index contributed by atoms with van der Waals surface area (Å²) in [4.78, 5) is 4.34. The quantitative estimate of drug-likeness (QED) is 0.680. The van der Waals surface area contributed by atoms with Crippen LogP contribution >= 0.6 is 11.6 Å². The van der Waals surface area contributed by atoms with Gasteiger partial charge in [-0.25, -0.2) is 4.98 Å². The lowest BCUT2D eigenvalue weighted by atomic mass is 9.89. The maximum atomic E-state index is 12.9. The number of hydrogen-bond donors (Lipinski definition) is 1. The fraction of sp³-hybridized carbons (Fsp3) is 0.316. The molecule has 1 aliphatic rings. The molecule has 0 bridgehead atoms. The lowest BCUT2D eigenvalue weighted by Crippen LogP contribution is -2.46. The molecule has 4 rings (SSSR count). The Morgan fingerprint density at radius 3 is 2.81 bits per heavy atom. The number of imidazole rings is 1. The van der Waals surface area contributed by atoms with E-state index in [1.54, 1.807) is 6.20 Å². The molecule has 0 spiro atoms. The second-order valence-corrected chi connectivity index (χ2v) is 7.09. The molecule has 1 aliphatic carbocycles. The normalized spacial score (nSPS) is 19.9. The fourth-order valence-corrected chi connectivity index (χ4v) is 3.44. The van der Waals surface area contributed by atoms with Crippen LogP contribution in [0.15, 0.2) is 48.9 Å². The summed E-state index contributed by atoms with van der Waals surface area (Å²) in [5, 5.41) is 3.46. The predicted octanol–water partition coefficient (Wildman–Crippen LogP) is 4.71. The van der Waals surface area contributed by atoms with E-state index in [9.17, 15) is 13.2 Å². The van der Waals surface area contributed by atoms with Gasteiger partial charge in [-0.15, -0.1) is 0 Å². The largest absolute Gasteiger partial charge is 0.490 e. The van der Waals surface area contributed by atoms with Crippen LogP contribution < -0.4 is 10.1 Å². The summed E-state index contributed by atoms with van der Waals surface area (Å²) < 4.78 is 46.2. The van der Waals surface area contributed by atoms with Gasteiger partial charge in [0, 0.05) is 41.8 Å². The van der Waals surface area contributed by atoms with Crippen LogP contribution in [0.5, 0.6) is 5.75 Å². The number of hydrogen-bond acceptors (Lipinski definition) is 3. The Bertz CT molecular complexity index is 951. The number of rotatable bonds is 5. The molecule has 2 heterocycles. The van der Waals surface area contributed by atoms with Crippen LogP contribution in [-0.2, 0) is 12.7 Å². The molecule has 1 fully saturated rings. The van der Waals surface area contributed by atoms with E-state index >= 15 is 0 Å². The van der Waals surface area contributed by atoms with Gasteiger partial charge < -0.3 is 14.5 Å². The molecule has 8 heteroatoms. The smallest absolute Gasteiger partial charge is 0.416 e. The van der Waals surface area contributed by atoms with Gasteiger partial charge in [0.15, 0.2) is 0 Å². The molecule has 3 aromatic rings. The van der Waals surface area contributed by atoms with Gasteiger partial charge in [-0.1, -0.05) is 17.7 Å². The average molecular weight is 396 g/mol. The van der Waals surface area contributed by atoms with Gasteiger partial charge in [0.05, 0.1) is 5.56 Å². The number of nitrogens with one attached hydrogen (secondary N) is 1. The van der Waals surface area contributed by atoms with Gasteiger partial charge in [-0.05, 0) is 37.1 Å². The van der Waals surface area contributed by atoms with E-state index in [-0.39, 0.29) is 22.9 Å². The van der Waals surface area contributed by atoms with Crippen LogP contribution in [0.25, 0.3) is 5.65 Å². The van der Waals surface area contributed by atoms with Crippen molar-refractivity contribution in [2.24, 2.45) is 0 Å². The van der Waals surface area contributed by atoms with Crippen LogP contribution in [0.2, 0.25) is 5.02 Å². The van der Waals surface area contributed by atoms with E-state index in [1.807, 2.05) is 28.9 Å². The molecule has 0 radical (unpaired) electrons. The Balaban J connectivity index is 1.31. The van der Waals surface area contributed by atoms with Crippen molar-refractivity contribution in [2.75, 3.05) is 0 Å². The summed E-state index contributed by atoms with van der Waals surface area (Å²) in [6.07, 6.45) is 2.49. The summed E-state index contributed by atoms with van der Waals surface area (Å²) in [5.41, 5.74) is 1.21. The molecule has 1 aromatic carbocycles. The van der Waals surface area contributed by atoms with E-state index in [0.717, 1.165) is 36.2 Å². The van der Waals surface area contributed by atoms with Gasteiger partial charge in [-0.2, -0.15) is 13.2 Å². The lowest BCUT2D eigenvalue weighted by Gasteiger charge is -2.36. The monoisotopic (exact) mass is 395 g/mol. The minimum atomic E-state index is -4.44. The zero-order chi connectivity index (χ0) is 19.0. The molecule has 2 aromatic heterocycles. The molecule has 1 saturated carbocycles. The van der Waals surface area contributed by atoms with Crippen LogP contribution in [-0.4, -0.2) is 21.5 Å². The highest BCUT2D eigenvalue weighted by molar-refractivity contribution is 6.30. The number of fused-ring (bicyclic) bond motifs is 1. The van der Waals surface area contributed by atoms with Gasteiger partial charge in [0.1, 0.15) is 17.5 Å². The first-order valence-electron chi connectivity index (χ1n) is 8.57. The maximum absolute atomic E-state index is 12.9. The Morgan fingerprint density at radius 1 is 1.22 bits per heavy atom. The molecule has 27 heavy (non-hydrogen) atoms. The van der Waals surface area contributed by atoms with Crippen LogP contribution in [0, 0.1) is 0 Å². The minimum absolute atomic E-state index is 0.0154. The predicted molar refractivity (Wildman–Crippen MR) is 95.9 cm³/mol.